The second-order valence-corrected chi connectivity index (χ2v) is 7.31. The molecule has 4 aromatic rings. The van der Waals surface area contributed by atoms with Crippen LogP contribution in [0.4, 0.5) is 10.1 Å². The number of carbonyl (C=O) groups excluding carboxylic acids is 1. The van der Waals surface area contributed by atoms with Crippen LogP contribution in [0, 0.1) is 5.82 Å². The number of amides is 1. The van der Waals surface area contributed by atoms with Crippen LogP contribution in [0.25, 0.3) is 10.8 Å². The van der Waals surface area contributed by atoms with Crippen LogP contribution in [0.1, 0.15) is 15.9 Å². The van der Waals surface area contributed by atoms with Crippen LogP contribution in [0.15, 0.2) is 78.9 Å². The van der Waals surface area contributed by atoms with Gasteiger partial charge in [-0.25, -0.2) is 4.39 Å². The van der Waals surface area contributed by atoms with Crippen molar-refractivity contribution in [2.24, 2.45) is 0 Å². The summed E-state index contributed by atoms with van der Waals surface area (Å²) in [6.07, 6.45) is 0. The number of benzene rings is 4. The molecule has 0 aliphatic rings. The molecule has 4 rings (SSSR count). The van der Waals surface area contributed by atoms with Crippen molar-refractivity contribution < 1.29 is 18.7 Å². The summed E-state index contributed by atoms with van der Waals surface area (Å²) in [4.78, 5) is 12.7. The lowest BCUT2D eigenvalue weighted by molar-refractivity contribution is 0.102. The van der Waals surface area contributed by atoms with Gasteiger partial charge in [-0.05, 0) is 59.3 Å². The molecule has 0 heterocycles. The first kappa shape index (κ1) is 20.7. The lowest BCUT2D eigenvalue weighted by atomic mass is 10.1. The fraction of sp³-hybridized carbons (Fsp3) is 0.0800. The van der Waals surface area contributed by atoms with E-state index >= 15 is 0 Å². The van der Waals surface area contributed by atoms with Crippen LogP contribution in [0.5, 0.6) is 11.5 Å². The van der Waals surface area contributed by atoms with E-state index in [-0.39, 0.29) is 17.5 Å². The highest BCUT2D eigenvalue weighted by Crippen LogP contribution is 2.26. The summed E-state index contributed by atoms with van der Waals surface area (Å²) in [6, 6.07) is 23.0. The number of rotatable bonds is 6. The highest BCUT2D eigenvalue weighted by atomic mass is 35.5. The molecule has 0 saturated carbocycles. The topological polar surface area (TPSA) is 47.6 Å². The summed E-state index contributed by atoms with van der Waals surface area (Å²) in [5.41, 5.74) is 1.54. The van der Waals surface area contributed by atoms with Gasteiger partial charge in [-0.15, -0.1) is 0 Å². The zero-order chi connectivity index (χ0) is 21.8. The highest BCUT2D eigenvalue weighted by molar-refractivity contribution is 6.31. The minimum absolute atomic E-state index is 0.0583. The van der Waals surface area contributed by atoms with E-state index in [9.17, 15) is 9.18 Å². The Morgan fingerprint density at radius 1 is 0.968 bits per heavy atom. The van der Waals surface area contributed by atoms with E-state index in [4.69, 9.17) is 21.1 Å². The molecule has 0 aromatic heterocycles. The first-order chi connectivity index (χ1) is 15.0. The van der Waals surface area contributed by atoms with Gasteiger partial charge in [0.15, 0.2) is 0 Å². The molecule has 0 spiro atoms. The smallest absolute Gasteiger partial charge is 0.255 e. The Bertz CT molecular complexity index is 1260. The predicted octanol–water partition coefficient (Wildman–Crippen LogP) is 6.47. The summed E-state index contributed by atoms with van der Waals surface area (Å²) in [5.74, 6) is 0.438. The number of ether oxygens (including phenoxy) is 2. The van der Waals surface area contributed by atoms with E-state index in [2.05, 4.69) is 5.32 Å². The van der Waals surface area contributed by atoms with E-state index in [0.717, 1.165) is 22.1 Å². The third-order valence-electron chi connectivity index (χ3n) is 4.84. The minimum Gasteiger partial charge on any atom is -0.496 e. The fourth-order valence-corrected chi connectivity index (χ4v) is 3.41. The first-order valence-electron chi connectivity index (χ1n) is 9.58. The van der Waals surface area contributed by atoms with Gasteiger partial charge in [-0.2, -0.15) is 0 Å². The molecule has 0 saturated heterocycles. The molecule has 31 heavy (non-hydrogen) atoms. The van der Waals surface area contributed by atoms with Gasteiger partial charge in [0.2, 0.25) is 0 Å². The van der Waals surface area contributed by atoms with Crippen molar-refractivity contribution in [3.8, 4) is 11.5 Å². The van der Waals surface area contributed by atoms with Gasteiger partial charge in [-0.3, -0.25) is 4.79 Å². The van der Waals surface area contributed by atoms with Crippen LogP contribution in [-0.4, -0.2) is 13.0 Å². The van der Waals surface area contributed by atoms with Gasteiger partial charge in [0.1, 0.15) is 23.9 Å². The summed E-state index contributed by atoms with van der Waals surface area (Å²) in [5, 5.41) is 4.87. The summed E-state index contributed by atoms with van der Waals surface area (Å²) < 4.78 is 24.7. The van der Waals surface area contributed by atoms with E-state index in [1.807, 2.05) is 42.5 Å². The molecule has 156 valence electrons. The second kappa shape index (κ2) is 9.06. The Hall–Kier alpha value is -3.57. The van der Waals surface area contributed by atoms with Crippen molar-refractivity contribution in [3.63, 3.8) is 0 Å². The Morgan fingerprint density at radius 2 is 1.77 bits per heavy atom. The van der Waals surface area contributed by atoms with Crippen LogP contribution in [0.2, 0.25) is 5.02 Å². The highest BCUT2D eigenvalue weighted by Gasteiger charge is 2.12. The maximum atomic E-state index is 13.3. The molecular formula is C25H19ClFNO3. The third kappa shape index (κ3) is 4.78. The van der Waals surface area contributed by atoms with Crippen molar-refractivity contribution in [3.05, 3.63) is 101 Å². The Labute approximate surface area is 184 Å². The van der Waals surface area contributed by atoms with Gasteiger partial charge >= 0.3 is 0 Å². The molecule has 4 nitrogen and oxygen atoms in total. The van der Waals surface area contributed by atoms with Gasteiger partial charge in [0, 0.05) is 16.8 Å². The predicted molar refractivity (Wildman–Crippen MR) is 121 cm³/mol. The normalized spacial score (nSPS) is 10.7. The molecule has 0 unspecified atom stereocenters. The number of hydrogen-bond acceptors (Lipinski definition) is 3. The number of carbonyl (C=O) groups is 1. The van der Waals surface area contributed by atoms with Crippen LogP contribution in [0.3, 0.4) is 0 Å². The lowest BCUT2D eigenvalue weighted by Gasteiger charge is -2.13. The Balaban J connectivity index is 1.52. The first-order valence-corrected chi connectivity index (χ1v) is 9.96. The molecule has 6 heteroatoms. The van der Waals surface area contributed by atoms with Crippen LogP contribution >= 0.6 is 11.6 Å². The maximum Gasteiger partial charge on any atom is 0.255 e. The van der Waals surface area contributed by atoms with Crippen molar-refractivity contribution in [2.75, 3.05) is 12.4 Å². The van der Waals surface area contributed by atoms with Crippen LogP contribution < -0.4 is 14.8 Å². The molecule has 0 fully saturated rings. The van der Waals surface area contributed by atoms with Gasteiger partial charge in [-0.1, -0.05) is 41.9 Å². The molecule has 0 atom stereocenters. The summed E-state index contributed by atoms with van der Waals surface area (Å²) >= 11 is 5.78. The molecule has 0 bridgehead atoms. The number of hydrogen-bond donors (Lipinski definition) is 1. The van der Waals surface area contributed by atoms with Crippen LogP contribution in [-0.2, 0) is 6.61 Å². The maximum absolute atomic E-state index is 13.3. The average Bonchev–Trinajstić information content (AvgIpc) is 2.79. The van der Waals surface area contributed by atoms with Crippen molar-refractivity contribution >= 4 is 34.0 Å². The minimum atomic E-state index is -0.544. The zero-order valence-corrected chi connectivity index (χ0v) is 17.4. The largest absolute Gasteiger partial charge is 0.496 e. The monoisotopic (exact) mass is 435 g/mol. The molecule has 0 aliphatic carbocycles. The fourth-order valence-electron chi connectivity index (χ4n) is 3.23. The van der Waals surface area contributed by atoms with Gasteiger partial charge in [0.25, 0.3) is 5.91 Å². The van der Waals surface area contributed by atoms with Gasteiger partial charge in [0.05, 0.1) is 12.1 Å². The van der Waals surface area contributed by atoms with E-state index in [1.54, 1.807) is 25.3 Å². The molecule has 0 radical (unpaired) electrons. The molecule has 4 aromatic carbocycles. The number of methoxy groups -OCH3 is 1. The standard InChI is InChI=1S/C25H19ClFNO3/c1-30-24-11-7-18(25(29)28-20-8-10-23(27)22(26)14-20)12-19(24)15-31-21-9-6-16-4-2-3-5-17(16)13-21/h2-14H,15H2,1H3,(H,28,29). The van der Waals surface area contributed by atoms with Gasteiger partial charge < -0.3 is 14.8 Å². The summed E-state index contributed by atoms with van der Waals surface area (Å²) in [6.45, 7) is 0.227. The Kier molecular flexibility index (Phi) is 6.05. The molecular weight excluding hydrogens is 417 g/mol. The molecule has 1 amide bonds. The molecule has 1 N–H and O–H groups in total. The van der Waals surface area contributed by atoms with Crippen molar-refractivity contribution in [2.45, 2.75) is 6.61 Å². The lowest BCUT2D eigenvalue weighted by Crippen LogP contribution is -2.13. The second-order valence-electron chi connectivity index (χ2n) is 6.91. The Morgan fingerprint density at radius 3 is 2.55 bits per heavy atom. The number of nitrogens with one attached hydrogen (secondary N) is 1. The molecule has 0 aliphatic heterocycles. The van der Waals surface area contributed by atoms with Crippen molar-refractivity contribution in [1.29, 1.82) is 0 Å². The SMILES string of the molecule is COc1ccc(C(=O)Nc2ccc(F)c(Cl)c2)cc1COc1ccc2ccccc2c1. The van der Waals surface area contributed by atoms with E-state index in [0.29, 0.717) is 17.0 Å². The average molecular weight is 436 g/mol. The number of anilines is 1. The zero-order valence-electron chi connectivity index (χ0n) is 16.7. The summed E-state index contributed by atoms with van der Waals surface area (Å²) in [7, 11) is 1.56. The quantitative estimate of drug-likeness (QED) is 0.377. The van der Waals surface area contributed by atoms with E-state index < -0.39 is 5.82 Å². The van der Waals surface area contributed by atoms with E-state index in [1.165, 1.54) is 18.2 Å². The number of halogens is 2. The third-order valence-corrected chi connectivity index (χ3v) is 5.12. The number of fused-ring (bicyclic) bond motifs is 1. The van der Waals surface area contributed by atoms with Crippen molar-refractivity contribution in [1.82, 2.24) is 0 Å².